The summed E-state index contributed by atoms with van der Waals surface area (Å²) in [6, 6.07) is 4.26. The molecule has 1 amide bonds. The fraction of sp³-hybridized carbons (Fsp3) is 0.607. The van der Waals surface area contributed by atoms with Crippen molar-refractivity contribution in [2.24, 2.45) is 28.6 Å². The van der Waals surface area contributed by atoms with Crippen LogP contribution in [0.1, 0.15) is 64.4 Å². The van der Waals surface area contributed by atoms with E-state index in [1.165, 1.54) is 29.6 Å². The Kier molecular flexibility index (Phi) is 6.34. The topological polar surface area (TPSA) is 68.3 Å². The summed E-state index contributed by atoms with van der Waals surface area (Å²) in [6.07, 6.45) is 16.3. The fourth-order valence-electron chi connectivity index (χ4n) is 7.71. The highest BCUT2D eigenvalue weighted by molar-refractivity contribution is 6.27. The van der Waals surface area contributed by atoms with Crippen LogP contribution < -0.4 is 5.32 Å². The van der Waals surface area contributed by atoms with Gasteiger partial charge in [0.15, 0.2) is 0 Å². The van der Waals surface area contributed by atoms with E-state index in [1.807, 2.05) is 18.5 Å². The molecule has 6 heteroatoms. The number of esters is 1. The number of pyridine rings is 1. The van der Waals surface area contributed by atoms with Gasteiger partial charge in [0, 0.05) is 18.8 Å². The molecular formula is C28H35ClN2O3. The Labute approximate surface area is 207 Å². The second-order valence-electron chi connectivity index (χ2n) is 11.1. The number of hydrogen-bond acceptors (Lipinski definition) is 4. The van der Waals surface area contributed by atoms with Crippen LogP contribution in [0.15, 0.2) is 42.3 Å². The minimum absolute atomic E-state index is 0.101. The zero-order valence-electron chi connectivity index (χ0n) is 20.2. The number of fused-ring (bicyclic) bond motifs is 5. The molecule has 5 nitrogen and oxygen atoms in total. The van der Waals surface area contributed by atoms with Gasteiger partial charge >= 0.3 is 5.97 Å². The Balaban J connectivity index is 1.28. The van der Waals surface area contributed by atoms with Gasteiger partial charge in [-0.05, 0) is 84.3 Å². The largest absolute Gasteiger partial charge is 0.461 e. The molecule has 0 saturated heterocycles. The molecule has 0 aromatic carbocycles. The van der Waals surface area contributed by atoms with Crippen molar-refractivity contribution < 1.29 is 14.3 Å². The number of nitrogens with one attached hydrogen (secondary N) is 1. The average molecular weight is 483 g/mol. The third-order valence-electron chi connectivity index (χ3n) is 9.46. The molecule has 5 rings (SSSR count). The number of hydrogen-bond donors (Lipinski definition) is 1. The first-order valence-corrected chi connectivity index (χ1v) is 13.2. The Morgan fingerprint density at radius 1 is 1.15 bits per heavy atom. The van der Waals surface area contributed by atoms with Crippen molar-refractivity contribution >= 4 is 29.1 Å². The van der Waals surface area contributed by atoms with Gasteiger partial charge in [-0.25, -0.2) is 0 Å². The summed E-state index contributed by atoms with van der Waals surface area (Å²) in [7, 11) is 0. The summed E-state index contributed by atoms with van der Waals surface area (Å²) < 4.78 is 5.71. The summed E-state index contributed by atoms with van der Waals surface area (Å²) in [6.45, 7) is 4.83. The van der Waals surface area contributed by atoms with Crippen LogP contribution in [-0.4, -0.2) is 35.4 Å². The molecule has 0 bridgehead atoms. The van der Waals surface area contributed by atoms with E-state index < -0.39 is 0 Å². The molecular weight excluding hydrogens is 448 g/mol. The van der Waals surface area contributed by atoms with E-state index in [2.05, 4.69) is 42.4 Å². The van der Waals surface area contributed by atoms with E-state index in [4.69, 9.17) is 16.3 Å². The van der Waals surface area contributed by atoms with Gasteiger partial charge in [0.05, 0.1) is 0 Å². The maximum Gasteiger partial charge on any atom is 0.325 e. The summed E-state index contributed by atoms with van der Waals surface area (Å²) in [5, 5.41) is 2.49. The number of nitrogens with zero attached hydrogens (tertiary/aromatic N) is 1. The van der Waals surface area contributed by atoms with Crippen molar-refractivity contribution in [2.75, 3.05) is 12.4 Å². The zero-order chi connectivity index (χ0) is 23.9. The van der Waals surface area contributed by atoms with Crippen molar-refractivity contribution in [1.29, 1.82) is 0 Å². The predicted octanol–water partition coefficient (Wildman–Crippen LogP) is 5.30. The van der Waals surface area contributed by atoms with Crippen LogP contribution in [0.3, 0.4) is 0 Å². The SMILES string of the molecule is C[C@]12CC[C@H](OC(=O)CNC(=O)CCl)CC1=CC[C@@H]1[C@@H]2CC[C@]2(C)C(c3cccnc3)=CC[C@@H]12. The molecule has 0 radical (unpaired) electrons. The number of ether oxygens (including phenoxy) is 1. The normalized spacial score (nSPS) is 36.3. The molecule has 0 spiro atoms. The van der Waals surface area contributed by atoms with Crippen LogP contribution in [0, 0.1) is 28.6 Å². The first-order valence-electron chi connectivity index (χ1n) is 12.7. The molecule has 0 aliphatic heterocycles. The van der Waals surface area contributed by atoms with Gasteiger partial charge in [0.2, 0.25) is 5.91 Å². The molecule has 2 fully saturated rings. The van der Waals surface area contributed by atoms with E-state index >= 15 is 0 Å². The number of carbonyl (C=O) groups excluding carboxylic acids is 2. The van der Waals surface area contributed by atoms with E-state index in [0.29, 0.717) is 17.8 Å². The monoisotopic (exact) mass is 482 g/mol. The number of carbonyl (C=O) groups is 2. The van der Waals surface area contributed by atoms with Crippen molar-refractivity contribution in [3.8, 4) is 0 Å². The summed E-state index contributed by atoms with van der Waals surface area (Å²) >= 11 is 5.48. The number of aromatic nitrogens is 1. The van der Waals surface area contributed by atoms with Gasteiger partial charge in [0.25, 0.3) is 0 Å². The van der Waals surface area contributed by atoms with Gasteiger partial charge in [-0.3, -0.25) is 14.6 Å². The molecule has 1 N–H and O–H groups in total. The van der Waals surface area contributed by atoms with Crippen LogP contribution >= 0.6 is 11.6 Å². The van der Waals surface area contributed by atoms with Crippen molar-refractivity contribution in [3.05, 3.63) is 47.8 Å². The van der Waals surface area contributed by atoms with E-state index in [0.717, 1.165) is 32.1 Å². The van der Waals surface area contributed by atoms with E-state index in [-0.39, 0.29) is 41.2 Å². The number of rotatable bonds is 5. The van der Waals surface area contributed by atoms with Gasteiger partial charge < -0.3 is 10.1 Å². The van der Waals surface area contributed by atoms with E-state index in [1.54, 1.807) is 0 Å². The first kappa shape index (κ1) is 23.6. The minimum Gasteiger partial charge on any atom is -0.461 e. The minimum atomic E-state index is -0.380. The van der Waals surface area contributed by atoms with Crippen LogP contribution in [0.4, 0.5) is 0 Å². The number of halogens is 1. The lowest BCUT2D eigenvalue weighted by molar-refractivity contribution is -0.151. The molecule has 1 aromatic rings. The molecule has 4 aliphatic carbocycles. The highest BCUT2D eigenvalue weighted by Gasteiger charge is 2.57. The Hall–Kier alpha value is -2.14. The molecule has 34 heavy (non-hydrogen) atoms. The van der Waals surface area contributed by atoms with Gasteiger partial charge in [-0.15, -0.1) is 11.6 Å². The molecule has 2 saturated carbocycles. The third kappa shape index (κ3) is 4.00. The summed E-state index contributed by atoms with van der Waals surface area (Å²) in [5.74, 6) is 1.18. The van der Waals surface area contributed by atoms with Gasteiger partial charge in [-0.2, -0.15) is 0 Å². The van der Waals surface area contributed by atoms with Crippen molar-refractivity contribution in [1.82, 2.24) is 10.3 Å². The van der Waals surface area contributed by atoms with Gasteiger partial charge in [0.1, 0.15) is 18.5 Å². The molecule has 4 aliphatic rings. The maximum atomic E-state index is 12.2. The van der Waals surface area contributed by atoms with Crippen LogP contribution in [0.5, 0.6) is 0 Å². The second kappa shape index (κ2) is 9.14. The Morgan fingerprint density at radius 2 is 1.97 bits per heavy atom. The van der Waals surface area contributed by atoms with Crippen LogP contribution in [0.25, 0.3) is 5.57 Å². The quantitative estimate of drug-likeness (QED) is 0.351. The van der Waals surface area contributed by atoms with Crippen molar-refractivity contribution in [3.63, 3.8) is 0 Å². The van der Waals surface area contributed by atoms with Crippen molar-refractivity contribution in [2.45, 2.75) is 64.9 Å². The average Bonchev–Trinajstić information content (AvgIpc) is 3.20. The van der Waals surface area contributed by atoms with Crippen LogP contribution in [0.2, 0.25) is 0 Å². The number of amides is 1. The molecule has 6 atom stereocenters. The fourth-order valence-corrected chi connectivity index (χ4v) is 7.81. The molecule has 182 valence electrons. The zero-order valence-corrected chi connectivity index (χ0v) is 20.9. The second-order valence-corrected chi connectivity index (χ2v) is 11.3. The third-order valence-corrected chi connectivity index (χ3v) is 9.70. The molecule has 1 aromatic heterocycles. The van der Waals surface area contributed by atoms with Gasteiger partial charge in [-0.1, -0.05) is 37.6 Å². The number of alkyl halides is 1. The Bertz CT molecular complexity index is 1020. The highest BCUT2D eigenvalue weighted by Crippen LogP contribution is 2.66. The standard InChI is InChI=1S/C28H35ClN2O3/c1-27-11-9-20(34-26(33)17-31-25(32)15-29)14-19(27)5-6-21-23-8-7-22(18-4-3-13-30-16-18)28(23,2)12-10-24(21)27/h3-5,7,13,16,20-21,23-24H,6,8-12,14-15,17H2,1-2H3,(H,31,32)/t20-,21-,23-,24-,27-,28+/m0/s1. The first-order chi connectivity index (χ1) is 16.3. The lowest BCUT2D eigenvalue weighted by Crippen LogP contribution is -2.50. The predicted molar refractivity (Wildman–Crippen MR) is 133 cm³/mol. The molecule has 1 heterocycles. The lowest BCUT2D eigenvalue weighted by Gasteiger charge is -2.57. The lowest BCUT2D eigenvalue weighted by atomic mass is 9.47. The molecule has 0 unspecified atom stereocenters. The Morgan fingerprint density at radius 3 is 2.74 bits per heavy atom. The van der Waals surface area contributed by atoms with E-state index in [9.17, 15) is 9.59 Å². The highest BCUT2D eigenvalue weighted by atomic mass is 35.5. The van der Waals surface area contributed by atoms with Crippen LogP contribution in [-0.2, 0) is 14.3 Å². The maximum absolute atomic E-state index is 12.2. The number of allylic oxidation sites excluding steroid dienone is 3. The summed E-state index contributed by atoms with van der Waals surface area (Å²) in [4.78, 5) is 27.9. The summed E-state index contributed by atoms with van der Waals surface area (Å²) in [5.41, 5.74) is 4.68. The smallest absolute Gasteiger partial charge is 0.325 e.